The predicted molar refractivity (Wildman–Crippen MR) is 69.6 cm³/mol. The smallest absolute Gasteiger partial charge is 0.323 e. The van der Waals surface area contributed by atoms with Crippen molar-refractivity contribution in [3.05, 3.63) is 33.9 Å². The van der Waals surface area contributed by atoms with E-state index in [4.69, 9.17) is 9.84 Å². The third-order valence-electron chi connectivity index (χ3n) is 2.64. The number of nitro benzene ring substituents is 1. The molecule has 1 aromatic carbocycles. The summed E-state index contributed by atoms with van der Waals surface area (Å²) in [6, 6.07) is 4.39. The van der Waals surface area contributed by atoms with Crippen molar-refractivity contribution in [3.8, 4) is 0 Å². The molecule has 0 bridgehead atoms. The molecule has 0 aliphatic rings. The predicted octanol–water partition coefficient (Wildman–Crippen LogP) is 1.44. The number of non-ortho nitro benzene ring substituents is 1. The molecule has 0 unspecified atom stereocenters. The molecule has 0 saturated carbocycles. The highest BCUT2D eigenvalue weighted by molar-refractivity contribution is 5.75. The topological polar surface area (TPSA) is 92.9 Å². The number of ether oxygens (including phenoxy) is 1. The van der Waals surface area contributed by atoms with Gasteiger partial charge >= 0.3 is 5.97 Å². The largest absolute Gasteiger partial charge is 0.480 e. The molecule has 7 heteroatoms. The summed E-state index contributed by atoms with van der Waals surface area (Å²) < 4.78 is 4.92. The zero-order valence-electron chi connectivity index (χ0n) is 10.8. The summed E-state index contributed by atoms with van der Waals surface area (Å²) in [5.41, 5.74) is 1.25. The molecule has 7 nitrogen and oxygen atoms in total. The Hall–Kier alpha value is -2.15. The van der Waals surface area contributed by atoms with Crippen LogP contribution in [0.5, 0.6) is 0 Å². The van der Waals surface area contributed by atoms with Crippen molar-refractivity contribution in [2.45, 2.75) is 6.92 Å². The number of nitro groups is 1. The van der Waals surface area contributed by atoms with Crippen molar-refractivity contribution >= 4 is 17.3 Å². The number of anilines is 1. The van der Waals surface area contributed by atoms with Gasteiger partial charge in [-0.3, -0.25) is 14.9 Å². The number of aliphatic carboxylic acids is 1. The molecule has 0 atom stereocenters. The maximum atomic E-state index is 10.9. The van der Waals surface area contributed by atoms with Gasteiger partial charge in [0.15, 0.2) is 0 Å². The zero-order valence-corrected chi connectivity index (χ0v) is 10.8. The Morgan fingerprint density at radius 3 is 2.74 bits per heavy atom. The van der Waals surface area contributed by atoms with Crippen LogP contribution in [0.15, 0.2) is 18.2 Å². The zero-order chi connectivity index (χ0) is 14.4. The normalized spacial score (nSPS) is 10.2. The number of benzene rings is 1. The van der Waals surface area contributed by atoms with Crippen LogP contribution in [0.3, 0.4) is 0 Å². The fourth-order valence-corrected chi connectivity index (χ4v) is 1.70. The summed E-state index contributed by atoms with van der Waals surface area (Å²) in [5.74, 6) is -0.998. The van der Waals surface area contributed by atoms with Crippen molar-refractivity contribution in [2.24, 2.45) is 0 Å². The molecule has 0 heterocycles. The van der Waals surface area contributed by atoms with E-state index in [1.165, 1.54) is 19.2 Å². The standard InChI is InChI=1S/C12H16N2O5/c1-9-3-4-10(14(17)18)7-11(9)13(5-6-19-2)8-12(15)16/h3-4,7H,5-6,8H2,1-2H3,(H,15,16). The first-order valence-electron chi connectivity index (χ1n) is 5.66. The average molecular weight is 268 g/mol. The van der Waals surface area contributed by atoms with Crippen molar-refractivity contribution in [1.82, 2.24) is 0 Å². The molecule has 0 radical (unpaired) electrons. The van der Waals surface area contributed by atoms with Crippen LogP contribution in [-0.2, 0) is 9.53 Å². The second-order valence-electron chi connectivity index (χ2n) is 4.04. The maximum Gasteiger partial charge on any atom is 0.323 e. The SMILES string of the molecule is COCCN(CC(=O)O)c1cc([N+](=O)[O-])ccc1C. The lowest BCUT2D eigenvalue weighted by atomic mass is 10.1. The number of methoxy groups -OCH3 is 1. The molecule has 0 amide bonds. The van der Waals surface area contributed by atoms with Gasteiger partial charge in [-0.15, -0.1) is 0 Å². The minimum Gasteiger partial charge on any atom is -0.480 e. The van der Waals surface area contributed by atoms with Gasteiger partial charge in [-0.1, -0.05) is 6.07 Å². The molecule has 0 aromatic heterocycles. The van der Waals surface area contributed by atoms with Crippen molar-refractivity contribution in [3.63, 3.8) is 0 Å². The number of hydrogen-bond donors (Lipinski definition) is 1. The number of carbonyl (C=O) groups is 1. The highest BCUT2D eigenvalue weighted by atomic mass is 16.6. The highest BCUT2D eigenvalue weighted by Crippen LogP contribution is 2.25. The van der Waals surface area contributed by atoms with Gasteiger partial charge in [0, 0.05) is 31.5 Å². The maximum absolute atomic E-state index is 10.9. The fraction of sp³-hybridized carbons (Fsp3) is 0.417. The van der Waals surface area contributed by atoms with E-state index in [1.54, 1.807) is 17.9 Å². The molecule has 0 saturated heterocycles. The summed E-state index contributed by atoms with van der Waals surface area (Å²) in [7, 11) is 1.51. The second-order valence-corrected chi connectivity index (χ2v) is 4.04. The van der Waals surface area contributed by atoms with E-state index >= 15 is 0 Å². The lowest BCUT2D eigenvalue weighted by Gasteiger charge is -2.24. The Morgan fingerprint density at radius 1 is 1.53 bits per heavy atom. The molecule has 0 aliphatic carbocycles. The number of carboxylic acids is 1. The molecular formula is C12H16N2O5. The molecule has 0 spiro atoms. The number of rotatable bonds is 7. The second kappa shape index (κ2) is 6.69. The highest BCUT2D eigenvalue weighted by Gasteiger charge is 2.16. The molecular weight excluding hydrogens is 252 g/mol. The third-order valence-corrected chi connectivity index (χ3v) is 2.64. The summed E-state index contributed by atoms with van der Waals surface area (Å²) in [4.78, 5) is 22.7. The van der Waals surface area contributed by atoms with Crippen LogP contribution in [0.2, 0.25) is 0 Å². The Labute approximate surface area is 110 Å². The van der Waals surface area contributed by atoms with Crippen molar-refractivity contribution < 1.29 is 19.6 Å². The van der Waals surface area contributed by atoms with Crippen LogP contribution in [-0.4, -0.2) is 42.8 Å². The molecule has 1 aromatic rings. The van der Waals surface area contributed by atoms with Crippen molar-refractivity contribution in [1.29, 1.82) is 0 Å². The first kappa shape index (κ1) is 14.9. The summed E-state index contributed by atoms with van der Waals surface area (Å²) in [6.07, 6.45) is 0. The van der Waals surface area contributed by atoms with Gasteiger partial charge in [-0.25, -0.2) is 0 Å². The van der Waals surface area contributed by atoms with Gasteiger partial charge in [0.2, 0.25) is 0 Å². The van der Waals surface area contributed by atoms with E-state index in [0.717, 1.165) is 5.56 Å². The number of carboxylic acid groups (broad SMARTS) is 1. The van der Waals surface area contributed by atoms with Crippen LogP contribution >= 0.6 is 0 Å². The molecule has 0 fully saturated rings. The van der Waals surface area contributed by atoms with E-state index < -0.39 is 10.9 Å². The van der Waals surface area contributed by atoms with Gasteiger partial charge in [-0.2, -0.15) is 0 Å². The monoisotopic (exact) mass is 268 g/mol. The van der Waals surface area contributed by atoms with E-state index in [1.807, 2.05) is 0 Å². The van der Waals surface area contributed by atoms with E-state index in [0.29, 0.717) is 18.8 Å². The minimum atomic E-state index is -0.998. The van der Waals surface area contributed by atoms with Gasteiger partial charge in [0.1, 0.15) is 6.54 Å². The first-order valence-corrected chi connectivity index (χ1v) is 5.66. The molecule has 1 N–H and O–H groups in total. The Balaban J connectivity index is 3.08. The fourth-order valence-electron chi connectivity index (χ4n) is 1.70. The van der Waals surface area contributed by atoms with Crippen LogP contribution in [0.25, 0.3) is 0 Å². The first-order chi connectivity index (χ1) is 8.95. The van der Waals surface area contributed by atoms with Crippen molar-refractivity contribution in [2.75, 3.05) is 31.7 Å². The Kier molecular flexibility index (Phi) is 5.25. The molecule has 104 valence electrons. The Morgan fingerprint density at radius 2 is 2.21 bits per heavy atom. The molecule has 19 heavy (non-hydrogen) atoms. The summed E-state index contributed by atoms with van der Waals surface area (Å²) in [6.45, 7) is 2.24. The summed E-state index contributed by atoms with van der Waals surface area (Å²) in [5, 5.41) is 19.7. The van der Waals surface area contributed by atoms with Crippen LogP contribution < -0.4 is 4.90 Å². The average Bonchev–Trinajstić information content (AvgIpc) is 2.34. The lowest BCUT2D eigenvalue weighted by Crippen LogP contribution is -2.33. The van der Waals surface area contributed by atoms with E-state index in [-0.39, 0.29) is 12.2 Å². The third kappa shape index (κ3) is 4.22. The minimum absolute atomic E-state index is 0.0617. The number of nitrogens with zero attached hydrogens (tertiary/aromatic N) is 2. The number of hydrogen-bond acceptors (Lipinski definition) is 5. The van der Waals surface area contributed by atoms with Gasteiger partial charge in [-0.05, 0) is 12.5 Å². The van der Waals surface area contributed by atoms with Gasteiger partial charge in [0.05, 0.1) is 11.5 Å². The quantitative estimate of drug-likeness (QED) is 0.594. The molecule has 0 aliphatic heterocycles. The van der Waals surface area contributed by atoms with Gasteiger partial charge in [0.25, 0.3) is 5.69 Å². The molecule has 1 rings (SSSR count). The summed E-state index contributed by atoms with van der Waals surface area (Å²) >= 11 is 0. The van der Waals surface area contributed by atoms with E-state index in [2.05, 4.69) is 0 Å². The van der Waals surface area contributed by atoms with Crippen LogP contribution in [0, 0.1) is 17.0 Å². The van der Waals surface area contributed by atoms with Crippen LogP contribution in [0.1, 0.15) is 5.56 Å². The lowest BCUT2D eigenvalue weighted by molar-refractivity contribution is -0.384. The van der Waals surface area contributed by atoms with E-state index in [9.17, 15) is 14.9 Å². The Bertz CT molecular complexity index is 475. The van der Waals surface area contributed by atoms with Crippen LogP contribution in [0.4, 0.5) is 11.4 Å². The van der Waals surface area contributed by atoms with Gasteiger partial charge < -0.3 is 14.7 Å². The number of aryl methyl sites for hydroxylation is 1.